The molecule has 0 spiro atoms. The van der Waals surface area contributed by atoms with Gasteiger partial charge in [0.1, 0.15) is 0 Å². The lowest BCUT2D eigenvalue weighted by Gasteiger charge is -2.49. The number of benzene rings is 1. The molecule has 1 aliphatic rings. The molecule has 1 aromatic rings. The lowest BCUT2D eigenvalue weighted by Crippen LogP contribution is -2.63. The summed E-state index contributed by atoms with van der Waals surface area (Å²) in [6.45, 7) is 0.986. The lowest BCUT2D eigenvalue weighted by molar-refractivity contribution is -0.234. The molecule has 0 heterocycles. The topological polar surface area (TPSA) is 43.1 Å². The average molecular weight is 367 g/mol. The first-order valence-corrected chi connectivity index (χ1v) is 7.04. The molecule has 1 aromatic carbocycles. The van der Waals surface area contributed by atoms with Gasteiger partial charge in [-0.2, -0.15) is 13.2 Å². The number of allylic oxidation sites excluding steroid dienone is 3. The zero-order valence-electron chi connectivity index (χ0n) is 12.7. The maximum absolute atomic E-state index is 14.7. The van der Waals surface area contributed by atoms with Gasteiger partial charge in [-0.15, -0.1) is 0 Å². The SMILES string of the molecule is CCC1(c2ccccc2)C(F)=C(F)C(F)=C(F)C1(C(N)=O)C(F)(F)F. The molecule has 136 valence electrons. The molecule has 0 aromatic heterocycles. The van der Waals surface area contributed by atoms with Gasteiger partial charge in [0.25, 0.3) is 0 Å². The number of primary amides is 1. The van der Waals surface area contributed by atoms with E-state index in [9.17, 15) is 35.5 Å². The van der Waals surface area contributed by atoms with Gasteiger partial charge < -0.3 is 5.73 Å². The minimum atomic E-state index is -5.84. The lowest BCUT2D eigenvalue weighted by atomic mass is 9.54. The van der Waals surface area contributed by atoms with Crippen LogP contribution in [0.2, 0.25) is 0 Å². The number of hydrogen-bond acceptors (Lipinski definition) is 1. The molecule has 0 saturated heterocycles. The second-order valence-electron chi connectivity index (χ2n) is 5.49. The van der Waals surface area contributed by atoms with Crippen molar-refractivity contribution in [3.05, 3.63) is 59.2 Å². The zero-order valence-corrected chi connectivity index (χ0v) is 12.7. The Morgan fingerprint density at radius 2 is 1.48 bits per heavy atom. The number of hydrogen-bond donors (Lipinski definition) is 1. The van der Waals surface area contributed by atoms with Crippen LogP contribution in [0.5, 0.6) is 0 Å². The summed E-state index contributed by atoms with van der Waals surface area (Å²) in [6.07, 6.45) is -6.76. The zero-order chi connectivity index (χ0) is 19.2. The van der Waals surface area contributed by atoms with Gasteiger partial charge in [-0.3, -0.25) is 4.79 Å². The van der Waals surface area contributed by atoms with Gasteiger partial charge in [0, 0.05) is 0 Å². The summed E-state index contributed by atoms with van der Waals surface area (Å²) in [7, 11) is 0. The van der Waals surface area contributed by atoms with Crippen LogP contribution in [0.1, 0.15) is 18.9 Å². The molecule has 2 nitrogen and oxygen atoms in total. The fourth-order valence-corrected chi connectivity index (χ4v) is 3.41. The number of amides is 1. The Morgan fingerprint density at radius 3 is 1.88 bits per heavy atom. The summed E-state index contributed by atoms with van der Waals surface area (Å²) in [5, 5.41) is 0. The third-order valence-electron chi connectivity index (χ3n) is 4.51. The molecule has 2 unspecified atom stereocenters. The van der Waals surface area contributed by atoms with E-state index in [1.807, 2.05) is 0 Å². The van der Waals surface area contributed by atoms with Crippen LogP contribution in [0.15, 0.2) is 53.6 Å². The van der Waals surface area contributed by atoms with Crippen molar-refractivity contribution in [2.45, 2.75) is 24.9 Å². The summed E-state index contributed by atoms with van der Waals surface area (Å²) in [4.78, 5) is 11.8. The normalized spacial score (nSPS) is 27.7. The van der Waals surface area contributed by atoms with Crippen molar-refractivity contribution in [2.24, 2.45) is 11.1 Å². The predicted octanol–water partition coefficient (Wildman–Crippen LogP) is 4.68. The highest BCUT2D eigenvalue weighted by Crippen LogP contribution is 2.65. The highest BCUT2D eigenvalue weighted by atomic mass is 19.4. The van der Waals surface area contributed by atoms with E-state index in [0.29, 0.717) is 0 Å². The van der Waals surface area contributed by atoms with Crippen LogP contribution in [0.25, 0.3) is 0 Å². The van der Waals surface area contributed by atoms with Gasteiger partial charge in [0.2, 0.25) is 11.3 Å². The molecular weight excluding hydrogens is 355 g/mol. The molecule has 0 aliphatic heterocycles. The Hall–Kier alpha value is -2.32. The molecule has 0 bridgehead atoms. The van der Waals surface area contributed by atoms with Crippen molar-refractivity contribution in [3.8, 4) is 0 Å². The number of carbonyl (C=O) groups excluding carboxylic acids is 1. The molecule has 0 saturated carbocycles. The van der Waals surface area contributed by atoms with Crippen LogP contribution in [-0.4, -0.2) is 12.1 Å². The summed E-state index contributed by atoms with van der Waals surface area (Å²) in [5.74, 6) is -12.6. The van der Waals surface area contributed by atoms with Gasteiger partial charge in [-0.25, -0.2) is 17.6 Å². The quantitative estimate of drug-likeness (QED) is 0.775. The summed E-state index contributed by atoms with van der Waals surface area (Å²) >= 11 is 0. The first-order chi connectivity index (χ1) is 11.5. The minimum absolute atomic E-state index is 0.566. The maximum atomic E-state index is 14.7. The molecular formula is C16H12F7NO. The number of carbonyl (C=O) groups is 1. The van der Waals surface area contributed by atoms with E-state index in [4.69, 9.17) is 5.73 Å². The Morgan fingerprint density at radius 1 is 1.00 bits per heavy atom. The van der Waals surface area contributed by atoms with E-state index >= 15 is 0 Å². The van der Waals surface area contributed by atoms with Crippen molar-refractivity contribution in [1.82, 2.24) is 0 Å². The molecule has 9 heteroatoms. The fraction of sp³-hybridized carbons (Fsp3) is 0.312. The molecule has 25 heavy (non-hydrogen) atoms. The second kappa shape index (κ2) is 5.89. The minimum Gasteiger partial charge on any atom is -0.368 e. The van der Waals surface area contributed by atoms with E-state index in [-0.39, 0.29) is 0 Å². The van der Waals surface area contributed by atoms with Crippen molar-refractivity contribution < 1.29 is 35.5 Å². The first kappa shape index (κ1) is 19.0. The van der Waals surface area contributed by atoms with E-state index in [2.05, 4.69) is 0 Å². The van der Waals surface area contributed by atoms with Crippen LogP contribution in [-0.2, 0) is 10.2 Å². The molecule has 1 aliphatic carbocycles. The van der Waals surface area contributed by atoms with Crippen LogP contribution >= 0.6 is 0 Å². The van der Waals surface area contributed by atoms with Crippen molar-refractivity contribution >= 4 is 5.91 Å². The number of halogens is 7. The van der Waals surface area contributed by atoms with E-state index in [1.54, 1.807) is 0 Å². The van der Waals surface area contributed by atoms with Crippen molar-refractivity contribution in [1.29, 1.82) is 0 Å². The number of rotatable bonds is 3. The highest BCUT2D eigenvalue weighted by molar-refractivity contribution is 5.89. The Kier molecular flexibility index (Phi) is 4.48. The second-order valence-corrected chi connectivity index (χ2v) is 5.49. The standard InChI is InChI=1S/C16H12F7NO/c1-2-14(8-6-4-3-5-7-8)11(19)9(17)10(18)12(20)15(14,13(24)25)16(21,22)23/h3-7H,2H2,1H3,(H2,24,25). The summed E-state index contributed by atoms with van der Waals surface area (Å²) in [5.41, 5.74) is -3.39. The number of alkyl halides is 3. The van der Waals surface area contributed by atoms with Crippen LogP contribution in [0, 0.1) is 5.41 Å². The Labute approximate surface area is 137 Å². The average Bonchev–Trinajstić information content (AvgIpc) is 2.55. The predicted molar refractivity (Wildman–Crippen MR) is 74.6 cm³/mol. The van der Waals surface area contributed by atoms with Crippen LogP contribution in [0.3, 0.4) is 0 Å². The summed E-state index contributed by atoms with van der Waals surface area (Å²) in [6, 6.07) is 5.64. The van der Waals surface area contributed by atoms with Gasteiger partial charge in [0.05, 0.1) is 5.41 Å². The van der Waals surface area contributed by atoms with Crippen molar-refractivity contribution in [3.63, 3.8) is 0 Å². The largest absolute Gasteiger partial charge is 0.410 e. The van der Waals surface area contributed by atoms with Crippen LogP contribution < -0.4 is 5.73 Å². The Bertz CT molecular complexity index is 768. The molecule has 0 radical (unpaired) electrons. The fourth-order valence-electron chi connectivity index (χ4n) is 3.41. The van der Waals surface area contributed by atoms with Gasteiger partial charge in [0.15, 0.2) is 23.3 Å². The third kappa shape index (κ3) is 2.14. The van der Waals surface area contributed by atoms with Gasteiger partial charge >= 0.3 is 6.18 Å². The molecule has 0 fully saturated rings. The monoisotopic (exact) mass is 367 g/mol. The maximum Gasteiger partial charge on any atom is 0.410 e. The smallest absolute Gasteiger partial charge is 0.368 e. The number of nitrogens with two attached hydrogens (primary N) is 1. The molecule has 2 atom stereocenters. The summed E-state index contributed by atoms with van der Waals surface area (Å²) < 4.78 is 98.5. The molecule has 2 rings (SSSR count). The highest BCUT2D eigenvalue weighted by Gasteiger charge is 2.77. The molecule has 1 amide bonds. The molecule has 2 N–H and O–H groups in total. The van der Waals surface area contributed by atoms with E-state index in [0.717, 1.165) is 19.1 Å². The van der Waals surface area contributed by atoms with E-state index in [1.165, 1.54) is 18.2 Å². The first-order valence-electron chi connectivity index (χ1n) is 7.04. The van der Waals surface area contributed by atoms with Crippen molar-refractivity contribution in [2.75, 3.05) is 0 Å². The van der Waals surface area contributed by atoms with Crippen LogP contribution in [0.4, 0.5) is 30.7 Å². The third-order valence-corrected chi connectivity index (χ3v) is 4.51. The van der Waals surface area contributed by atoms with E-state index < -0.39 is 58.2 Å². The Balaban J connectivity index is 3.12. The van der Waals surface area contributed by atoms with Gasteiger partial charge in [-0.05, 0) is 12.0 Å². The van der Waals surface area contributed by atoms with Gasteiger partial charge in [-0.1, -0.05) is 37.3 Å².